The van der Waals surface area contributed by atoms with Gasteiger partial charge < -0.3 is 15.0 Å². The van der Waals surface area contributed by atoms with Crippen molar-refractivity contribution in [2.24, 2.45) is 5.92 Å². The highest BCUT2D eigenvalue weighted by Gasteiger charge is 2.29. The molecule has 1 amide bonds. The molecule has 1 aromatic carbocycles. The number of hydrogen-bond donors (Lipinski definition) is 1. The van der Waals surface area contributed by atoms with Crippen molar-refractivity contribution in [2.45, 2.75) is 58.7 Å². The van der Waals surface area contributed by atoms with E-state index in [0.717, 1.165) is 32.5 Å². The van der Waals surface area contributed by atoms with Gasteiger partial charge in [0, 0.05) is 29.2 Å². The Morgan fingerprint density at radius 2 is 2.21 bits per heavy atom. The van der Waals surface area contributed by atoms with Gasteiger partial charge in [0.25, 0.3) is 0 Å². The minimum Gasteiger partial charge on any atom is -0.444 e. The molecule has 0 aliphatic carbocycles. The maximum Gasteiger partial charge on any atom is 0.410 e. The standard InChI is InChI=1S/C19H29IN2O2/c1-14(21-12-15-7-5-9-17(20)11-15)16-8-6-10-22(13-16)18(23)24-19(2,3)4/h5,7,9,11,14,16,21H,6,8,10,12-13H2,1-4H3. The van der Waals surface area contributed by atoms with E-state index in [1.165, 1.54) is 9.13 Å². The van der Waals surface area contributed by atoms with Gasteiger partial charge in [0.15, 0.2) is 0 Å². The number of hydrogen-bond acceptors (Lipinski definition) is 3. The molecule has 0 bridgehead atoms. The van der Waals surface area contributed by atoms with Gasteiger partial charge in [-0.05, 0) is 86.7 Å². The van der Waals surface area contributed by atoms with Crippen molar-refractivity contribution in [1.82, 2.24) is 10.2 Å². The summed E-state index contributed by atoms with van der Waals surface area (Å²) in [5, 5.41) is 3.62. The van der Waals surface area contributed by atoms with Crippen LogP contribution in [0.25, 0.3) is 0 Å². The van der Waals surface area contributed by atoms with Crippen LogP contribution in [0, 0.1) is 9.49 Å². The molecule has 2 unspecified atom stereocenters. The number of amides is 1. The highest BCUT2D eigenvalue weighted by atomic mass is 127. The Kier molecular flexibility index (Phi) is 6.92. The van der Waals surface area contributed by atoms with E-state index in [-0.39, 0.29) is 6.09 Å². The molecule has 1 saturated heterocycles. The number of carbonyl (C=O) groups excluding carboxylic acids is 1. The van der Waals surface area contributed by atoms with E-state index in [1.807, 2.05) is 25.7 Å². The second kappa shape index (κ2) is 8.52. The van der Waals surface area contributed by atoms with Gasteiger partial charge in [-0.3, -0.25) is 0 Å². The van der Waals surface area contributed by atoms with E-state index in [1.54, 1.807) is 0 Å². The molecule has 0 aromatic heterocycles. The highest BCUT2D eigenvalue weighted by Crippen LogP contribution is 2.22. The first-order chi connectivity index (χ1) is 11.2. The normalized spacial score (nSPS) is 19.9. The summed E-state index contributed by atoms with van der Waals surface area (Å²) >= 11 is 2.34. The van der Waals surface area contributed by atoms with Gasteiger partial charge in [-0.25, -0.2) is 4.79 Å². The first-order valence-electron chi connectivity index (χ1n) is 8.70. The summed E-state index contributed by atoms with van der Waals surface area (Å²) in [4.78, 5) is 14.1. The minimum absolute atomic E-state index is 0.183. The molecule has 1 fully saturated rings. The third-order valence-electron chi connectivity index (χ3n) is 4.33. The van der Waals surface area contributed by atoms with Crippen molar-refractivity contribution < 1.29 is 9.53 Å². The fourth-order valence-electron chi connectivity index (χ4n) is 3.00. The van der Waals surface area contributed by atoms with Crippen molar-refractivity contribution in [3.8, 4) is 0 Å². The molecule has 0 radical (unpaired) electrons. The van der Waals surface area contributed by atoms with E-state index in [2.05, 4.69) is 59.1 Å². The first kappa shape index (κ1) is 19.5. The Bertz CT molecular complexity index is 557. The lowest BCUT2D eigenvalue weighted by atomic mass is 9.91. The highest BCUT2D eigenvalue weighted by molar-refractivity contribution is 14.1. The molecule has 1 N–H and O–H groups in total. The van der Waals surface area contributed by atoms with Crippen LogP contribution in [-0.4, -0.2) is 35.7 Å². The van der Waals surface area contributed by atoms with Gasteiger partial charge in [0.1, 0.15) is 5.60 Å². The molecule has 4 nitrogen and oxygen atoms in total. The lowest BCUT2D eigenvalue weighted by molar-refractivity contribution is 0.0148. The summed E-state index contributed by atoms with van der Waals surface area (Å²) in [5.74, 6) is 0.467. The number of likely N-dealkylation sites (tertiary alicyclic amines) is 1. The second-order valence-electron chi connectivity index (χ2n) is 7.63. The molecular formula is C19H29IN2O2. The summed E-state index contributed by atoms with van der Waals surface area (Å²) in [5.41, 5.74) is 0.867. The summed E-state index contributed by atoms with van der Waals surface area (Å²) in [6.07, 6.45) is 2.01. The third-order valence-corrected chi connectivity index (χ3v) is 5.00. The monoisotopic (exact) mass is 444 g/mol. The largest absolute Gasteiger partial charge is 0.444 e. The van der Waals surface area contributed by atoms with Gasteiger partial charge in [0.2, 0.25) is 0 Å². The van der Waals surface area contributed by atoms with Crippen LogP contribution in [-0.2, 0) is 11.3 Å². The van der Waals surface area contributed by atoms with Crippen molar-refractivity contribution in [2.75, 3.05) is 13.1 Å². The second-order valence-corrected chi connectivity index (χ2v) is 8.87. The molecule has 2 atom stereocenters. The Balaban J connectivity index is 1.85. The van der Waals surface area contributed by atoms with Crippen LogP contribution in [0.1, 0.15) is 46.1 Å². The fourth-order valence-corrected chi connectivity index (χ4v) is 3.61. The minimum atomic E-state index is -0.432. The molecule has 134 valence electrons. The summed E-state index contributed by atoms with van der Waals surface area (Å²) in [6.45, 7) is 10.4. The maximum absolute atomic E-state index is 12.3. The van der Waals surface area contributed by atoms with E-state index in [4.69, 9.17) is 4.74 Å². The lowest BCUT2D eigenvalue weighted by Gasteiger charge is -2.36. The first-order valence-corrected chi connectivity index (χ1v) is 9.78. The van der Waals surface area contributed by atoms with Crippen molar-refractivity contribution in [1.29, 1.82) is 0 Å². The molecule has 5 heteroatoms. The van der Waals surface area contributed by atoms with Gasteiger partial charge >= 0.3 is 6.09 Å². The lowest BCUT2D eigenvalue weighted by Crippen LogP contribution is -2.47. The van der Waals surface area contributed by atoms with Crippen LogP contribution in [0.4, 0.5) is 4.79 Å². The van der Waals surface area contributed by atoms with Crippen LogP contribution < -0.4 is 5.32 Å². The van der Waals surface area contributed by atoms with E-state index < -0.39 is 5.60 Å². The van der Waals surface area contributed by atoms with Crippen LogP contribution in [0.2, 0.25) is 0 Å². The molecule has 0 saturated carbocycles. The zero-order valence-electron chi connectivity index (χ0n) is 15.1. The number of rotatable bonds is 4. The maximum atomic E-state index is 12.3. The number of halogens is 1. The molecule has 1 heterocycles. The van der Waals surface area contributed by atoms with Crippen molar-refractivity contribution in [3.05, 3.63) is 33.4 Å². The summed E-state index contributed by atoms with van der Waals surface area (Å²) < 4.78 is 6.77. The predicted molar refractivity (Wildman–Crippen MR) is 106 cm³/mol. The Morgan fingerprint density at radius 3 is 2.88 bits per heavy atom. The zero-order chi connectivity index (χ0) is 17.7. The molecule has 24 heavy (non-hydrogen) atoms. The van der Waals surface area contributed by atoms with Gasteiger partial charge in [0.05, 0.1) is 0 Å². The third kappa shape index (κ3) is 6.24. The van der Waals surface area contributed by atoms with Gasteiger partial charge in [-0.1, -0.05) is 12.1 Å². The van der Waals surface area contributed by atoms with Gasteiger partial charge in [-0.15, -0.1) is 0 Å². The smallest absolute Gasteiger partial charge is 0.410 e. The number of nitrogens with zero attached hydrogens (tertiary/aromatic N) is 1. The average Bonchev–Trinajstić information content (AvgIpc) is 2.51. The predicted octanol–water partition coefficient (Wildman–Crippen LogP) is 4.42. The van der Waals surface area contributed by atoms with Crippen LogP contribution in [0.5, 0.6) is 0 Å². The van der Waals surface area contributed by atoms with Crippen LogP contribution in [0.3, 0.4) is 0 Å². The number of piperidine rings is 1. The van der Waals surface area contributed by atoms with Crippen molar-refractivity contribution >= 4 is 28.7 Å². The van der Waals surface area contributed by atoms with Crippen LogP contribution in [0.15, 0.2) is 24.3 Å². The SMILES string of the molecule is CC(NCc1cccc(I)c1)C1CCCN(C(=O)OC(C)(C)C)C1. The number of ether oxygens (including phenoxy) is 1. The van der Waals surface area contributed by atoms with E-state index in [9.17, 15) is 4.79 Å². The topological polar surface area (TPSA) is 41.6 Å². The van der Waals surface area contributed by atoms with Gasteiger partial charge in [-0.2, -0.15) is 0 Å². The summed E-state index contributed by atoms with van der Waals surface area (Å²) in [6, 6.07) is 8.92. The molecular weight excluding hydrogens is 415 g/mol. The summed E-state index contributed by atoms with van der Waals surface area (Å²) in [7, 11) is 0. The number of nitrogens with one attached hydrogen (secondary N) is 1. The molecule has 1 aliphatic heterocycles. The molecule has 2 rings (SSSR count). The molecule has 1 aromatic rings. The Hall–Kier alpha value is -0.820. The molecule has 0 spiro atoms. The van der Waals surface area contributed by atoms with E-state index >= 15 is 0 Å². The number of carbonyl (C=O) groups is 1. The zero-order valence-corrected chi connectivity index (χ0v) is 17.3. The molecule has 1 aliphatic rings. The number of benzene rings is 1. The fraction of sp³-hybridized carbons (Fsp3) is 0.632. The van der Waals surface area contributed by atoms with Crippen molar-refractivity contribution in [3.63, 3.8) is 0 Å². The van der Waals surface area contributed by atoms with E-state index in [0.29, 0.717) is 12.0 Å². The Morgan fingerprint density at radius 1 is 1.46 bits per heavy atom. The quantitative estimate of drug-likeness (QED) is 0.700. The Labute approximate surface area is 159 Å². The van der Waals surface area contributed by atoms with Crippen LogP contribution >= 0.6 is 22.6 Å². The average molecular weight is 444 g/mol.